The SMILES string of the molecule is [2H]c1c([2H])c(C(C)(C)C)c([2H])c([2H])c1-c1c([2H])c(C(C)(C)C)c([2H])c([2H])c1N1c2ncnc3c2B(c2sc4ccc(C(C)(C)C)cc4c2N3c2ccc3c(c2)C(C)(C)CCC3(C)C)c2c([2H])c(C(C)(C)C)c([2H])c([2H])c21. The summed E-state index contributed by atoms with van der Waals surface area (Å²) in [7, 11) is 0. The van der Waals surface area contributed by atoms with Crippen LogP contribution in [0.1, 0.15) is 171 Å². The Morgan fingerprint density at radius 2 is 1.15 bits per heavy atom. The molecule has 0 N–H and O–H groups in total. The highest BCUT2D eigenvalue weighted by Gasteiger charge is 2.48. The normalized spacial score (nSPS) is 18.6. The van der Waals surface area contributed by atoms with E-state index in [2.05, 4.69) is 89.8 Å². The molecule has 0 unspecified atom stereocenters. The van der Waals surface area contributed by atoms with Gasteiger partial charge in [0, 0.05) is 37.3 Å². The van der Waals surface area contributed by atoms with Crippen LogP contribution in [-0.2, 0) is 32.5 Å². The minimum Gasteiger partial charge on any atom is -0.295 e. The first-order valence-corrected chi connectivity index (χ1v) is 24.3. The summed E-state index contributed by atoms with van der Waals surface area (Å²) in [5, 5.41) is 0.999. The smallest absolute Gasteiger partial charge is 0.268 e. The molecule has 10 rings (SSSR count). The van der Waals surface area contributed by atoms with Gasteiger partial charge >= 0.3 is 0 Å². The van der Waals surface area contributed by atoms with E-state index in [4.69, 9.17) is 9.97 Å². The van der Waals surface area contributed by atoms with Crippen molar-refractivity contribution in [1.29, 1.82) is 0 Å². The molecule has 0 saturated heterocycles. The Hall–Kier alpha value is -5.20. The third kappa shape index (κ3) is 7.15. The average molecular weight is 899 g/mol. The van der Waals surface area contributed by atoms with Crippen LogP contribution >= 0.6 is 11.3 Å². The van der Waals surface area contributed by atoms with Crippen LogP contribution in [0.3, 0.4) is 0 Å². The first-order valence-electron chi connectivity index (χ1n) is 28.5. The fraction of sp³-hybridized carbons (Fsp3) is 0.400. The van der Waals surface area contributed by atoms with E-state index in [0.29, 0.717) is 22.3 Å². The van der Waals surface area contributed by atoms with Gasteiger partial charge in [0.1, 0.15) is 18.0 Å². The zero-order valence-corrected chi connectivity index (χ0v) is 42.5. The molecule has 2 aliphatic heterocycles. The zero-order chi connectivity index (χ0) is 56.0. The van der Waals surface area contributed by atoms with Crippen LogP contribution < -0.4 is 25.5 Å². The second-order valence-electron chi connectivity index (χ2n) is 24.3. The summed E-state index contributed by atoms with van der Waals surface area (Å²) in [5.74, 6) is 0.695. The molecule has 0 saturated carbocycles. The number of aromatic nitrogens is 2. The maximum Gasteiger partial charge on any atom is 0.268 e. The number of rotatable bonds is 3. The van der Waals surface area contributed by atoms with Gasteiger partial charge in [0.15, 0.2) is 0 Å². The number of anilines is 6. The van der Waals surface area contributed by atoms with E-state index in [0.717, 1.165) is 44.6 Å². The standard InChI is InChI=1S/C60H69BN4S/c1-55(2,3)37-19-17-36(18-20-37)42-31-38(56(4,5)6)21-26-47(42)65-48-27-22-40(58(10,11)12)33-46(48)61-50-53(62-35-63-54(50)65)64(41-24-25-44-45(34-41)60(15,16)30-29-59(44,13)14)51-43-32-39(57(7,8)9)23-28-49(43)66-52(51)61/h17-28,31-35H,29-30H2,1-16H3/i17D,18D,19D,20D,21D,22D,26D,27D,31D,33D. The van der Waals surface area contributed by atoms with Crippen LogP contribution in [0, 0.1) is 0 Å². The molecule has 0 fully saturated rings. The van der Waals surface area contributed by atoms with Crippen molar-refractivity contribution in [2.45, 2.75) is 156 Å². The Bertz CT molecular complexity index is 3660. The minimum absolute atomic E-state index is 0.0271. The molecule has 66 heavy (non-hydrogen) atoms. The molecule has 0 bridgehead atoms. The fourth-order valence-electron chi connectivity index (χ4n) is 9.90. The molecule has 6 heteroatoms. The van der Waals surface area contributed by atoms with Gasteiger partial charge in [-0.2, -0.15) is 0 Å². The van der Waals surface area contributed by atoms with E-state index in [-0.39, 0.29) is 98.0 Å². The van der Waals surface area contributed by atoms with Gasteiger partial charge in [-0.25, -0.2) is 9.97 Å². The van der Waals surface area contributed by atoms with Gasteiger partial charge in [-0.15, -0.1) is 11.3 Å². The maximum absolute atomic E-state index is 10.5. The third-order valence-electron chi connectivity index (χ3n) is 14.2. The van der Waals surface area contributed by atoms with Crippen molar-refractivity contribution in [3.8, 4) is 11.1 Å². The largest absolute Gasteiger partial charge is 0.295 e. The summed E-state index contributed by atoms with van der Waals surface area (Å²) in [6, 6.07) is 10.5. The second kappa shape index (κ2) is 14.7. The molecule has 1 aliphatic carbocycles. The highest BCUT2D eigenvalue weighted by molar-refractivity contribution is 7.33. The van der Waals surface area contributed by atoms with Crippen molar-refractivity contribution < 1.29 is 13.7 Å². The average Bonchev–Trinajstić information content (AvgIpc) is 3.68. The van der Waals surface area contributed by atoms with Gasteiger partial charge in [-0.1, -0.05) is 165 Å². The van der Waals surface area contributed by atoms with Crippen molar-refractivity contribution in [2.75, 3.05) is 9.80 Å². The van der Waals surface area contributed by atoms with Gasteiger partial charge < -0.3 is 0 Å². The zero-order valence-electron chi connectivity index (χ0n) is 51.7. The predicted octanol–water partition coefficient (Wildman–Crippen LogP) is 15.0. The summed E-state index contributed by atoms with van der Waals surface area (Å²) >= 11 is 1.61. The van der Waals surface area contributed by atoms with Gasteiger partial charge in [0.2, 0.25) is 0 Å². The van der Waals surface area contributed by atoms with Crippen LogP contribution in [0.25, 0.3) is 21.2 Å². The highest BCUT2D eigenvalue weighted by Crippen LogP contribution is 2.52. The highest BCUT2D eigenvalue weighted by atomic mass is 32.1. The third-order valence-corrected chi connectivity index (χ3v) is 15.4. The Morgan fingerprint density at radius 3 is 1.77 bits per heavy atom. The molecule has 338 valence electrons. The molecule has 0 radical (unpaired) electrons. The van der Waals surface area contributed by atoms with Crippen LogP contribution in [0.5, 0.6) is 0 Å². The Labute approximate surface area is 414 Å². The number of nitrogens with zero attached hydrogens (tertiary/aromatic N) is 4. The lowest BCUT2D eigenvalue weighted by molar-refractivity contribution is 0.332. The van der Waals surface area contributed by atoms with E-state index in [9.17, 15) is 13.7 Å². The van der Waals surface area contributed by atoms with Crippen molar-refractivity contribution in [1.82, 2.24) is 9.97 Å². The minimum atomic E-state index is -0.909. The lowest BCUT2D eigenvalue weighted by atomic mass is 9.36. The van der Waals surface area contributed by atoms with Gasteiger partial charge in [-0.3, -0.25) is 9.80 Å². The van der Waals surface area contributed by atoms with Crippen LogP contribution in [0.2, 0.25) is 0 Å². The summed E-state index contributed by atoms with van der Waals surface area (Å²) in [6.45, 7) is 31.8. The summed E-state index contributed by atoms with van der Waals surface area (Å²) in [4.78, 5) is 14.1. The number of benzene rings is 5. The van der Waals surface area contributed by atoms with E-state index in [1.54, 1.807) is 11.3 Å². The van der Waals surface area contributed by atoms with Crippen molar-refractivity contribution in [3.63, 3.8) is 0 Å². The topological polar surface area (TPSA) is 32.3 Å². The number of hydrogen-bond donors (Lipinski definition) is 0. The summed E-state index contributed by atoms with van der Waals surface area (Å²) in [5.41, 5.74) is 3.67. The maximum atomic E-state index is 10.5. The summed E-state index contributed by atoms with van der Waals surface area (Å²) in [6.07, 6.45) is 3.48. The lowest BCUT2D eigenvalue weighted by Crippen LogP contribution is -2.61. The van der Waals surface area contributed by atoms with Crippen LogP contribution in [0.15, 0.2) is 103 Å². The molecule has 4 nitrogen and oxygen atoms in total. The molecule has 2 aromatic heterocycles. The number of fused-ring (bicyclic) bond motifs is 7. The van der Waals surface area contributed by atoms with Gasteiger partial charge in [0.05, 0.1) is 25.1 Å². The molecule has 7 aromatic rings. The van der Waals surface area contributed by atoms with E-state index < -0.39 is 41.1 Å². The number of thiophene rings is 1. The first kappa shape index (κ1) is 34.1. The van der Waals surface area contributed by atoms with E-state index in [1.807, 2.05) is 62.3 Å². The Morgan fingerprint density at radius 1 is 0.591 bits per heavy atom. The van der Waals surface area contributed by atoms with E-state index >= 15 is 0 Å². The van der Waals surface area contributed by atoms with Crippen molar-refractivity contribution in [3.05, 3.63) is 137 Å². The molecule has 0 atom stereocenters. The monoisotopic (exact) mass is 899 g/mol. The molecular weight excluding hydrogens is 820 g/mol. The van der Waals surface area contributed by atoms with Gasteiger partial charge in [-0.05, 0) is 132 Å². The quantitative estimate of drug-likeness (QED) is 0.165. The van der Waals surface area contributed by atoms with Gasteiger partial charge in [0.25, 0.3) is 6.71 Å². The summed E-state index contributed by atoms with van der Waals surface area (Å²) < 4.78 is 101. The van der Waals surface area contributed by atoms with Crippen molar-refractivity contribution in [2.24, 2.45) is 0 Å². The second-order valence-corrected chi connectivity index (χ2v) is 25.4. The number of hydrogen-bond acceptors (Lipinski definition) is 5. The first-order chi connectivity index (χ1) is 34.9. The molecule has 3 aliphatic rings. The van der Waals surface area contributed by atoms with Crippen LogP contribution in [-0.4, -0.2) is 16.7 Å². The predicted molar refractivity (Wildman–Crippen MR) is 287 cm³/mol. The lowest BCUT2D eigenvalue weighted by Gasteiger charge is -2.44. The Kier molecular flexibility index (Phi) is 7.58. The molecule has 5 aromatic carbocycles. The molecule has 0 spiro atoms. The molecule has 0 amide bonds. The van der Waals surface area contributed by atoms with Crippen LogP contribution in [0.4, 0.5) is 34.4 Å². The molecule has 4 heterocycles. The molecular formula is C60H69BN4S. The Balaban J connectivity index is 1.43. The van der Waals surface area contributed by atoms with E-state index in [1.165, 1.54) is 22.4 Å². The van der Waals surface area contributed by atoms with Crippen molar-refractivity contribution >= 4 is 78.2 Å². The fourth-order valence-corrected chi connectivity index (χ4v) is 11.2.